The molecule has 0 aliphatic heterocycles. The molecule has 0 unspecified atom stereocenters. The number of hydrogen-bond acceptors (Lipinski definition) is 1. The Balaban J connectivity index is 0.00000121. The van der Waals surface area contributed by atoms with E-state index in [0.717, 1.165) is 5.56 Å². The van der Waals surface area contributed by atoms with Gasteiger partial charge in [0.15, 0.2) is 0 Å². The van der Waals surface area contributed by atoms with Crippen LogP contribution < -0.4 is 5.73 Å². The first-order valence-electron chi connectivity index (χ1n) is 3.31. The normalized spacial score (nSPS) is 11.9. The van der Waals surface area contributed by atoms with E-state index in [-0.39, 0.29) is 12.4 Å². The van der Waals surface area contributed by atoms with E-state index < -0.39 is 12.7 Å². The van der Waals surface area contributed by atoms with Crippen molar-refractivity contribution in [2.24, 2.45) is 5.73 Å². The standard InChI is InChI=1S/C8H9ClFN.ClH/c9-7-3-1-2-6(4-7)8(11)5-10;/h1-4,8H,5,11H2;1H/t8-;/m0./s1. The van der Waals surface area contributed by atoms with Crippen LogP contribution in [-0.2, 0) is 0 Å². The number of halogens is 3. The zero-order valence-corrected chi connectivity index (χ0v) is 7.91. The molecule has 0 radical (unpaired) electrons. The van der Waals surface area contributed by atoms with Crippen molar-refractivity contribution in [3.63, 3.8) is 0 Å². The Morgan fingerprint density at radius 2 is 2.17 bits per heavy atom. The molecule has 0 aromatic heterocycles. The molecule has 1 aromatic rings. The molecule has 4 heteroatoms. The molecule has 68 valence electrons. The second-order valence-corrected chi connectivity index (χ2v) is 2.75. The van der Waals surface area contributed by atoms with Crippen LogP contribution >= 0.6 is 24.0 Å². The zero-order chi connectivity index (χ0) is 8.27. The predicted octanol–water partition coefficient (Wildman–Crippen LogP) is 2.73. The minimum atomic E-state index is -0.555. The lowest BCUT2D eigenvalue weighted by Crippen LogP contribution is -2.11. The highest BCUT2D eigenvalue weighted by molar-refractivity contribution is 6.30. The van der Waals surface area contributed by atoms with Gasteiger partial charge in [-0.15, -0.1) is 12.4 Å². The summed E-state index contributed by atoms with van der Waals surface area (Å²) in [6, 6.07) is 6.37. The monoisotopic (exact) mass is 209 g/mol. The van der Waals surface area contributed by atoms with Gasteiger partial charge in [0.1, 0.15) is 6.67 Å². The quantitative estimate of drug-likeness (QED) is 0.797. The van der Waals surface area contributed by atoms with Crippen molar-refractivity contribution >= 4 is 24.0 Å². The Hall–Kier alpha value is -0.310. The summed E-state index contributed by atoms with van der Waals surface area (Å²) in [6.07, 6.45) is 0. The van der Waals surface area contributed by atoms with Gasteiger partial charge in [-0.05, 0) is 17.7 Å². The Bertz CT molecular complexity index is 242. The van der Waals surface area contributed by atoms with E-state index in [0.29, 0.717) is 5.02 Å². The van der Waals surface area contributed by atoms with Gasteiger partial charge in [-0.2, -0.15) is 0 Å². The van der Waals surface area contributed by atoms with Crippen LogP contribution in [0.15, 0.2) is 24.3 Å². The molecule has 0 fully saturated rings. The molecule has 12 heavy (non-hydrogen) atoms. The molecule has 1 nitrogen and oxygen atoms in total. The van der Waals surface area contributed by atoms with Gasteiger partial charge in [-0.3, -0.25) is 0 Å². The average Bonchev–Trinajstić information content (AvgIpc) is 2.03. The van der Waals surface area contributed by atoms with Crippen molar-refractivity contribution in [1.82, 2.24) is 0 Å². The minimum absolute atomic E-state index is 0. The Kier molecular flexibility index (Phi) is 5.22. The summed E-state index contributed by atoms with van der Waals surface area (Å²) in [4.78, 5) is 0. The first-order valence-corrected chi connectivity index (χ1v) is 3.69. The number of nitrogens with two attached hydrogens (primary N) is 1. The van der Waals surface area contributed by atoms with Crippen LogP contribution in [0, 0.1) is 0 Å². The summed E-state index contributed by atoms with van der Waals surface area (Å²) in [5, 5.41) is 0.589. The molecule has 1 rings (SSSR count). The maximum atomic E-state index is 12.0. The van der Waals surface area contributed by atoms with Crippen LogP contribution in [0.25, 0.3) is 0 Å². The van der Waals surface area contributed by atoms with E-state index in [1.165, 1.54) is 0 Å². The Morgan fingerprint density at radius 3 is 2.67 bits per heavy atom. The van der Waals surface area contributed by atoms with Crippen LogP contribution in [0.4, 0.5) is 4.39 Å². The third-order valence-corrected chi connectivity index (χ3v) is 1.68. The molecular formula is C8H10Cl2FN. The lowest BCUT2D eigenvalue weighted by molar-refractivity contribution is 0.437. The van der Waals surface area contributed by atoms with Gasteiger partial charge in [-0.25, -0.2) is 4.39 Å². The number of benzene rings is 1. The largest absolute Gasteiger partial charge is 0.322 e. The molecule has 0 bridgehead atoms. The first-order chi connectivity index (χ1) is 5.24. The maximum Gasteiger partial charge on any atom is 0.109 e. The van der Waals surface area contributed by atoms with E-state index in [1.54, 1.807) is 24.3 Å². The van der Waals surface area contributed by atoms with Crippen molar-refractivity contribution in [2.45, 2.75) is 6.04 Å². The number of rotatable bonds is 2. The van der Waals surface area contributed by atoms with E-state index in [2.05, 4.69) is 0 Å². The number of hydrogen-bond donors (Lipinski definition) is 1. The maximum absolute atomic E-state index is 12.0. The van der Waals surface area contributed by atoms with Gasteiger partial charge < -0.3 is 5.73 Å². The van der Waals surface area contributed by atoms with Crippen molar-refractivity contribution in [3.05, 3.63) is 34.9 Å². The molecule has 0 aliphatic carbocycles. The number of alkyl halides is 1. The molecular weight excluding hydrogens is 200 g/mol. The zero-order valence-electron chi connectivity index (χ0n) is 6.34. The van der Waals surface area contributed by atoms with Gasteiger partial charge in [0, 0.05) is 5.02 Å². The summed E-state index contributed by atoms with van der Waals surface area (Å²) in [5.74, 6) is 0. The van der Waals surface area contributed by atoms with Crippen molar-refractivity contribution < 1.29 is 4.39 Å². The lowest BCUT2D eigenvalue weighted by Gasteiger charge is -2.06. The molecule has 0 amide bonds. The SMILES string of the molecule is Cl.N[C@@H](CF)c1cccc(Cl)c1. The second kappa shape index (κ2) is 5.36. The average molecular weight is 210 g/mol. The van der Waals surface area contributed by atoms with Gasteiger partial charge in [-0.1, -0.05) is 23.7 Å². The third kappa shape index (κ3) is 2.97. The van der Waals surface area contributed by atoms with Gasteiger partial charge >= 0.3 is 0 Å². The van der Waals surface area contributed by atoms with Crippen LogP contribution in [0.5, 0.6) is 0 Å². The van der Waals surface area contributed by atoms with Crippen molar-refractivity contribution in [1.29, 1.82) is 0 Å². The molecule has 1 aromatic carbocycles. The molecule has 0 saturated carbocycles. The molecule has 0 aliphatic rings. The summed E-state index contributed by atoms with van der Waals surface area (Å²) in [6.45, 7) is -0.555. The smallest absolute Gasteiger partial charge is 0.109 e. The van der Waals surface area contributed by atoms with Crippen molar-refractivity contribution in [2.75, 3.05) is 6.67 Å². The molecule has 2 N–H and O–H groups in total. The van der Waals surface area contributed by atoms with Gasteiger partial charge in [0.05, 0.1) is 6.04 Å². The predicted molar refractivity (Wildman–Crippen MR) is 51.6 cm³/mol. The van der Waals surface area contributed by atoms with E-state index in [1.807, 2.05) is 0 Å². The third-order valence-electron chi connectivity index (χ3n) is 1.44. The summed E-state index contributed by atoms with van der Waals surface area (Å²) in [7, 11) is 0. The van der Waals surface area contributed by atoms with Crippen LogP contribution in [-0.4, -0.2) is 6.67 Å². The molecule has 0 saturated heterocycles. The van der Waals surface area contributed by atoms with Crippen LogP contribution in [0.3, 0.4) is 0 Å². The van der Waals surface area contributed by atoms with Gasteiger partial charge in [0.25, 0.3) is 0 Å². The molecule has 0 spiro atoms. The summed E-state index contributed by atoms with van der Waals surface area (Å²) < 4.78 is 12.0. The fourth-order valence-corrected chi connectivity index (χ4v) is 1.03. The highest BCUT2D eigenvalue weighted by Gasteiger charge is 2.03. The topological polar surface area (TPSA) is 26.0 Å². The Labute approximate surface area is 82.1 Å². The first kappa shape index (κ1) is 11.7. The fourth-order valence-electron chi connectivity index (χ4n) is 0.826. The highest BCUT2D eigenvalue weighted by atomic mass is 35.5. The molecule has 0 heterocycles. The van der Waals surface area contributed by atoms with E-state index in [4.69, 9.17) is 17.3 Å². The molecule has 1 atom stereocenters. The lowest BCUT2D eigenvalue weighted by atomic mass is 10.1. The van der Waals surface area contributed by atoms with Crippen LogP contribution in [0.1, 0.15) is 11.6 Å². The Morgan fingerprint density at radius 1 is 1.50 bits per heavy atom. The van der Waals surface area contributed by atoms with Crippen molar-refractivity contribution in [3.8, 4) is 0 Å². The van der Waals surface area contributed by atoms with E-state index in [9.17, 15) is 4.39 Å². The minimum Gasteiger partial charge on any atom is -0.322 e. The van der Waals surface area contributed by atoms with Gasteiger partial charge in [0.2, 0.25) is 0 Å². The fraction of sp³-hybridized carbons (Fsp3) is 0.250. The highest BCUT2D eigenvalue weighted by Crippen LogP contribution is 2.15. The summed E-state index contributed by atoms with van der Waals surface area (Å²) >= 11 is 5.67. The second-order valence-electron chi connectivity index (χ2n) is 2.32. The summed E-state index contributed by atoms with van der Waals surface area (Å²) in [5.41, 5.74) is 6.17. The van der Waals surface area contributed by atoms with E-state index >= 15 is 0 Å². The van der Waals surface area contributed by atoms with Crippen LogP contribution in [0.2, 0.25) is 5.02 Å².